The molecule has 0 radical (unpaired) electrons. The second kappa shape index (κ2) is 6.59. The highest BCUT2D eigenvalue weighted by molar-refractivity contribution is 5.97. The number of esters is 1. The summed E-state index contributed by atoms with van der Waals surface area (Å²) in [5.41, 5.74) is 1.46. The second-order valence-corrected chi connectivity index (χ2v) is 3.73. The molecule has 0 amide bonds. The van der Waals surface area contributed by atoms with Gasteiger partial charge in [-0.1, -0.05) is 11.6 Å². The van der Waals surface area contributed by atoms with Crippen molar-refractivity contribution in [2.45, 2.75) is 20.8 Å². The van der Waals surface area contributed by atoms with Gasteiger partial charge in [0.15, 0.2) is 5.78 Å². The van der Waals surface area contributed by atoms with Crippen LogP contribution in [-0.4, -0.2) is 18.4 Å². The third-order valence-electron chi connectivity index (χ3n) is 2.20. The molecule has 0 fully saturated rings. The van der Waals surface area contributed by atoms with E-state index in [4.69, 9.17) is 9.47 Å². The highest BCUT2D eigenvalue weighted by atomic mass is 16.5. The van der Waals surface area contributed by atoms with Crippen molar-refractivity contribution in [3.05, 3.63) is 41.7 Å². The molecule has 4 heteroatoms. The van der Waals surface area contributed by atoms with Gasteiger partial charge in [0.25, 0.3) is 0 Å². The lowest BCUT2D eigenvalue weighted by Crippen LogP contribution is -2.01. The number of ether oxygens (including phenoxy) is 2. The van der Waals surface area contributed by atoms with E-state index in [0.717, 1.165) is 5.56 Å². The Morgan fingerprint density at radius 1 is 1.33 bits per heavy atom. The number of aryl methyl sites for hydroxylation is 1. The Morgan fingerprint density at radius 2 is 2.06 bits per heavy atom. The molecule has 0 aliphatic heterocycles. The molecule has 1 aromatic rings. The van der Waals surface area contributed by atoms with Crippen LogP contribution in [0.3, 0.4) is 0 Å². The van der Waals surface area contributed by atoms with E-state index in [1.165, 1.54) is 19.3 Å². The van der Waals surface area contributed by atoms with Crippen LogP contribution < -0.4 is 4.74 Å². The number of carbonyl (C=O) groups excluding carboxylic acids is 2. The van der Waals surface area contributed by atoms with Crippen molar-refractivity contribution < 1.29 is 19.1 Å². The van der Waals surface area contributed by atoms with Crippen LogP contribution in [0.5, 0.6) is 5.75 Å². The lowest BCUT2D eigenvalue weighted by atomic mass is 10.1. The van der Waals surface area contributed by atoms with Crippen LogP contribution >= 0.6 is 0 Å². The topological polar surface area (TPSA) is 52.6 Å². The molecule has 0 aliphatic rings. The highest BCUT2D eigenvalue weighted by Gasteiger charge is 2.07. The number of carbonyl (C=O) groups is 2. The summed E-state index contributed by atoms with van der Waals surface area (Å²) in [4.78, 5) is 22.5. The van der Waals surface area contributed by atoms with Gasteiger partial charge in [-0.05, 0) is 32.9 Å². The Balaban J connectivity index is 2.79. The lowest BCUT2D eigenvalue weighted by Gasteiger charge is -2.06. The summed E-state index contributed by atoms with van der Waals surface area (Å²) in [6.07, 6.45) is 2.39. The smallest absolute Gasteiger partial charge is 0.333 e. The largest absolute Gasteiger partial charge is 0.464 e. The minimum absolute atomic E-state index is 0.0850. The Kier molecular flexibility index (Phi) is 5.11. The first-order valence-electron chi connectivity index (χ1n) is 5.66. The second-order valence-electron chi connectivity index (χ2n) is 3.73. The number of hydrogen-bond acceptors (Lipinski definition) is 4. The maximum atomic E-state index is 11.4. The predicted molar refractivity (Wildman–Crippen MR) is 67.6 cm³/mol. The molecule has 1 rings (SSSR count). The standard InChI is InChI=1S/C14H16O4/c1-4-17-14(16)7-8-18-13-6-5-10(2)9-12(13)11(3)15/h5-9H,4H2,1-3H3. The Hall–Kier alpha value is -2.10. The zero-order chi connectivity index (χ0) is 13.5. The van der Waals surface area contributed by atoms with Crippen molar-refractivity contribution in [2.75, 3.05) is 6.61 Å². The van der Waals surface area contributed by atoms with E-state index >= 15 is 0 Å². The van der Waals surface area contributed by atoms with Crippen LogP contribution in [0.4, 0.5) is 0 Å². The predicted octanol–water partition coefficient (Wildman–Crippen LogP) is 2.65. The van der Waals surface area contributed by atoms with Crippen LogP contribution in [-0.2, 0) is 9.53 Å². The van der Waals surface area contributed by atoms with Crippen molar-refractivity contribution >= 4 is 11.8 Å². The first-order chi connectivity index (χ1) is 8.54. The monoisotopic (exact) mass is 248 g/mol. The number of benzene rings is 1. The zero-order valence-electron chi connectivity index (χ0n) is 10.7. The van der Waals surface area contributed by atoms with Gasteiger partial charge < -0.3 is 9.47 Å². The van der Waals surface area contributed by atoms with Gasteiger partial charge >= 0.3 is 5.97 Å². The summed E-state index contributed by atoms with van der Waals surface area (Å²) in [5.74, 6) is -0.138. The van der Waals surface area contributed by atoms with E-state index in [0.29, 0.717) is 17.9 Å². The molecule has 1 aromatic carbocycles. The first kappa shape index (κ1) is 14.0. The van der Waals surface area contributed by atoms with Crippen LogP contribution in [0.25, 0.3) is 0 Å². The molecule has 0 aliphatic carbocycles. The van der Waals surface area contributed by atoms with Crippen molar-refractivity contribution in [3.63, 3.8) is 0 Å². The summed E-state index contributed by atoms with van der Waals surface area (Å²) >= 11 is 0. The van der Waals surface area contributed by atoms with Gasteiger partial charge in [-0.15, -0.1) is 0 Å². The van der Waals surface area contributed by atoms with Crippen molar-refractivity contribution in [3.8, 4) is 5.75 Å². The normalized spacial score (nSPS) is 10.4. The molecular formula is C14H16O4. The fourth-order valence-corrected chi connectivity index (χ4v) is 1.37. The average molecular weight is 248 g/mol. The molecule has 0 N–H and O–H groups in total. The molecule has 0 spiro atoms. The van der Waals surface area contributed by atoms with E-state index < -0.39 is 5.97 Å². The van der Waals surface area contributed by atoms with Crippen molar-refractivity contribution in [2.24, 2.45) is 0 Å². The van der Waals surface area contributed by atoms with Gasteiger partial charge in [0.2, 0.25) is 0 Å². The van der Waals surface area contributed by atoms with E-state index in [1.54, 1.807) is 19.1 Å². The molecule has 0 atom stereocenters. The van der Waals surface area contributed by atoms with E-state index in [-0.39, 0.29) is 5.78 Å². The molecule has 18 heavy (non-hydrogen) atoms. The Morgan fingerprint density at radius 3 is 2.67 bits per heavy atom. The third kappa shape index (κ3) is 4.05. The van der Waals surface area contributed by atoms with Gasteiger partial charge in [-0.2, -0.15) is 0 Å². The molecule has 0 unspecified atom stereocenters. The first-order valence-corrected chi connectivity index (χ1v) is 5.66. The van der Waals surface area contributed by atoms with E-state index in [1.807, 2.05) is 13.0 Å². The van der Waals surface area contributed by atoms with Gasteiger partial charge in [-0.3, -0.25) is 4.79 Å². The highest BCUT2D eigenvalue weighted by Crippen LogP contribution is 2.20. The number of Topliss-reactive ketones (excluding diaryl/α,β-unsaturated/α-hetero) is 1. The molecule has 0 aromatic heterocycles. The van der Waals surface area contributed by atoms with Gasteiger partial charge in [-0.25, -0.2) is 4.79 Å². The van der Waals surface area contributed by atoms with Gasteiger partial charge in [0.1, 0.15) is 5.75 Å². The van der Waals surface area contributed by atoms with Crippen molar-refractivity contribution in [1.82, 2.24) is 0 Å². The summed E-state index contributed by atoms with van der Waals surface area (Å²) in [7, 11) is 0. The van der Waals surface area contributed by atoms with Crippen LogP contribution in [0.15, 0.2) is 30.5 Å². The third-order valence-corrected chi connectivity index (χ3v) is 2.20. The summed E-state index contributed by atoms with van der Waals surface area (Å²) in [5, 5.41) is 0. The number of hydrogen-bond donors (Lipinski definition) is 0. The maximum absolute atomic E-state index is 11.4. The molecule has 0 bridgehead atoms. The molecular weight excluding hydrogens is 232 g/mol. The van der Waals surface area contributed by atoms with Crippen LogP contribution in [0, 0.1) is 6.92 Å². The molecule has 96 valence electrons. The van der Waals surface area contributed by atoms with Crippen molar-refractivity contribution in [1.29, 1.82) is 0 Å². The number of ketones is 1. The fourth-order valence-electron chi connectivity index (χ4n) is 1.37. The zero-order valence-corrected chi connectivity index (χ0v) is 10.7. The average Bonchev–Trinajstić information content (AvgIpc) is 2.31. The van der Waals surface area contributed by atoms with Crippen LogP contribution in [0.1, 0.15) is 29.8 Å². The Bertz CT molecular complexity index is 475. The quantitative estimate of drug-likeness (QED) is 0.348. The lowest BCUT2D eigenvalue weighted by molar-refractivity contribution is -0.137. The molecule has 0 saturated heterocycles. The summed E-state index contributed by atoms with van der Waals surface area (Å²) in [6.45, 7) is 5.40. The number of rotatable bonds is 5. The minimum Gasteiger partial charge on any atom is -0.464 e. The fraction of sp³-hybridized carbons (Fsp3) is 0.286. The van der Waals surface area contributed by atoms with Gasteiger partial charge in [0.05, 0.1) is 24.5 Å². The molecule has 4 nitrogen and oxygen atoms in total. The SMILES string of the molecule is CCOC(=O)C=COc1ccc(C)cc1C(C)=O. The minimum atomic E-state index is -0.478. The van der Waals surface area contributed by atoms with E-state index in [9.17, 15) is 9.59 Å². The summed E-state index contributed by atoms with van der Waals surface area (Å²) < 4.78 is 9.97. The maximum Gasteiger partial charge on any atom is 0.333 e. The molecule has 0 saturated carbocycles. The van der Waals surface area contributed by atoms with Crippen LogP contribution in [0.2, 0.25) is 0 Å². The van der Waals surface area contributed by atoms with Gasteiger partial charge in [0, 0.05) is 0 Å². The van der Waals surface area contributed by atoms with E-state index in [2.05, 4.69) is 0 Å². The molecule has 0 heterocycles. The Labute approximate surface area is 106 Å². The summed E-state index contributed by atoms with van der Waals surface area (Å²) in [6, 6.07) is 5.28.